The number of thiophene rings is 1. The van der Waals surface area contributed by atoms with Gasteiger partial charge in [0.05, 0.1) is 11.5 Å². The lowest BCUT2D eigenvalue weighted by atomic mass is 10.1. The van der Waals surface area contributed by atoms with Crippen LogP contribution in [0.1, 0.15) is 16.0 Å². The van der Waals surface area contributed by atoms with Gasteiger partial charge in [0.15, 0.2) is 0 Å². The van der Waals surface area contributed by atoms with E-state index < -0.39 is 4.92 Å². The maximum Gasteiger partial charge on any atom is 0.269 e. The molecule has 0 unspecified atom stereocenters. The van der Waals surface area contributed by atoms with Crippen LogP contribution < -0.4 is 4.90 Å². The molecule has 0 aliphatic carbocycles. The Labute approximate surface area is 120 Å². The maximum absolute atomic E-state index is 10.8. The summed E-state index contributed by atoms with van der Waals surface area (Å²) in [7, 11) is 0. The van der Waals surface area contributed by atoms with Crippen LogP contribution in [-0.4, -0.2) is 16.6 Å². The lowest BCUT2D eigenvalue weighted by Gasteiger charge is -2.30. The second-order valence-electron chi connectivity index (χ2n) is 4.77. The topological polar surface area (TPSA) is 66.6 Å². The standard InChI is InChI=1S/C14H14N2O3S/c17-9-11-7-12(16(18)19)1-2-13(11)15-5-3-14-10(8-15)4-6-20-14/h1-2,4,6-7,17H,3,5,8-9H2. The van der Waals surface area contributed by atoms with Crippen LogP contribution in [0.2, 0.25) is 0 Å². The number of benzene rings is 1. The van der Waals surface area contributed by atoms with Crippen molar-refractivity contribution in [2.24, 2.45) is 0 Å². The van der Waals surface area contributed by atoms with Gasteiger partial charge in [-0.15, -0.1) is 11.3 Å². The molecule has 0 spiro atoms. The minimum atomic E-state index is -0.434. The van der Waals surface area contributed by atoms with Crippen LogP contribution in [0.3, 0.4) is 0 Å². The zero-order valence-electron chi connectivity index (χ0n) is 10.8. The second-order valence-corrected chi connectivity index (χ2v) is 5.77. The highest BCUT2D eigenvalue weighted by Crippen LogP contribution is 2.31. The molecule has 1 aliphatic heterocycles. The maximum atomic E-state index is 10.8. The number of nitro groups is 1. The molecule has 1 aromatic heterocycles. The van der Waals surface area contributed by atoms with E-state index in [2.05, 4.69) is 16.3 Å². The normalized spacial score (nSPS) is 14.2. The van der Waals surface area contributed by atoms with E-state index in [4.69, 9.17) is 0 Å². The summed E-state index contributed by atoms with van der Waals surface area (Å²) in [5.41, 5.74) is 2.82. The van der Waals surface area contributed by atoms with Crippen LogP contribution in [-0.2, 0) is 19.6 Å². The third-order valence-electron chi connectivity index (χ3n) is 3.59. The molecule has 0 fully saturated rings. The molecule has 2 aromatic rings. The van der Waals surface area contributed by atoms with Gasteiger partial charge in [0, 0.05) is 41.4 Å². The molecule has 6 heteroatoms. The molecule has 0 radical (unpaired) electrons. The number of hydrogen-bond acceptors (Lipinski definition) is 5. The zero-order valence-corrected chi connectivity index (χ0v) is 11.6. The average Bonchev–Trinajstić information content (AvgIpc) is 2.93. The predicted molar refractivity (Wildman–Crippen MR) is 78.1 cm³/mol. The minimum absolute atomic E-state index is 0.0195. The van der Waals surface area contributed by atoms with Crippen molar-refractivity contribution in [3.8, 4) is 0 Å². The summed E-state index contributed by atoms with van der Waals surface area (Å²) < 4.78 is 0. The predicted octanol–water partition coefficient (Wildman–Crippen LogP) is 2.71. The van der Waals surface area contributed by atoms with E-state index in [0.29, 0.717) is 5.56 Å². The first-order valence-corrected chi connectivity index (χ1v) is 7.25. The van der Waals surface area contributed by atoms with Crippen LogP contribution in [0.5, 0.6) is 0 Å². The summed E-state index contributed by atoms with van der Waals surface area (Å²) in [6.45, 7) is 1.48. The number of rotatable bonds is 3. The average molecular weight is 290 g/mol. The van der Waals surface area contributed by atoms with Crippen molar-refractivity contribution in [3.05, 3.63) is 55.8 Å². The van der Waals surface area contributed by atoms with Gasteiger partial charge in [-0.1, -0.05) is 0 Å². The van der Waals surface area contributed by atoms with Crippen LogP contribution in [0, 0.1) is 10.1 Å². The van der Waals surface area contributed by atoms with Crippen molar-refractivity contribution < 1.29 is 10.0 Å². The first kappa shape index (κ1) is 13.1. The molecule has 3 rings (SSSR count). The Bertz CT molecular complexity index is 654. The molecule has 20 heavy (non-hydrogen) atoms. The van der Waals surface area contributed by atoms with Crippen LogP contribution in [0.15, 0.2) is 29.6 Å². The summed E-state index contributed by atoms with van der Waals surface area (Å²) in [4.78, 5) is 13.9. The van der Waals surface area contributed by atoms with E-state index in [1.807, 2.05) is 0 Å². The van der Waals surface area contributed by atoms with Crippen molar-refractivity contribution in [2.45, 2.75) is 19.6 Å². The summed E-state index contributed by atoms with van der Waals surface area (Å²) >= 11 is 1.77. The first-order chi connectivity index (χ1) is 9.69. The highest BCUT2D eigenvalue weighted by atomic mass is 32.1. The minimum Gasteiger partial charge on any atom is -0.392 e. The zero-order chi connectivity index (χ0) is 14.1. The number of anilines is 1. The first-order valence-electron chi connectivity index (χ1n) is 6.37. The van der Waals surface area contributed by atoms with Gasteiger partial charge in [-0.05, 0) is 29.5 Å². The van der Waals surface area contributed by atoms with Crippen molar-refractivity contribution in [2.75, 3.05) is 11.4 Å². The van der Waals surface area contributed by atoms with E-state index in [1.165, 1.54) is 22.6 Å². The molecule has 5 nitrogen and oxygen atoms in total. The number of nitrogens with zero attached hydrogens (tertiary/aromatic N) is 2. The fraction of sp³-hybridized carbons (Fsp3) is 0.286. The Hall–Kier alpha value is -1.92. The van der Waals surface area contributed by atoms with Crippen LogP contribution in [0.4, 0.5) is 11.4 Å². The number of fused-ring (bicyclic) bond motifs is 1. The molecule has 1 N–H and O–H groups in total. The summed E-state index contributed by atoms with van der Waals surface area (Å²) in [6, 6.07) is 6.81. The fourth-order valence-corrected chi connectivity index (χ4v) is 3.46. The molecule has 0 saturated carbocycles. The molecule has 1 aliphatic rings. The van der Waals surface area contributed by atoms with Gasteiger partial charge in [0.1, 0.15) is 0 Å². The molecule has 104 valence electrons. The Kier molecular flexibility index (Phi) is 3.42. The third kappa shape index (κ3) is 2.28. The highest BCUT2D eigenvalue weighted by Gasteiger charge is 2.20. The van der Waals surface area contributed by atoms with E-state index >= 15 is 0 Å². The van der Waals surface area contributed by atoms with Crippen molar-refractivity contribution in [3.63, 3.8) is 0 Å². The number of nitro benzene ring substituents is 1. The molecule has 0 bridgehead atoms. The molecule has 0 amide bonds. The highest BCUT2D eigenvalue weighted by molar-refractivity contribution is 7.10. The van der Waals surface area contributed by atoms with Gasteiger partial charge < -0.3 is 10.0 Å². The monoisotopic (exact) mass is 290 g/mol. The van der Waals surface area contributed by atoms with E-state index in [9.17, 15) is 15.2 Å². The number of aliphatic hydroxyl groups excluding tert-OH is 1. The van der Waals surface area contributed by atoms with E-state index in [-0.39, 0.29) is 12.3 Å². The van der Waals surface area contributed by atoms with Gasteiger partial charge >= 0.3 is 0 Å². The van der Waals surface area contributed by atoms with Gasteiger partial charge in [0.25, 0.3) is 5.69 Å². The van der Waals surface area contributed by atoms with Crippen LogP contribution >= 0.6 is 11.3 Å². The summed E-state index contributed by atoms with van der Waals surface area (Å²) in [5, 5.41) is 22.4. The Morgan fingerprint density at radius 1 is 1.40 bits per heavy atom. The third-order valence-corrected chi connectivity index (χ3v) is 4.62. The SMILES string of the molecule is O=[N+]([O-])c1ccc(N2CCc3sccc3C2)c(CO)c1. The largest absolute Gasteiger partial charge is 0.392 e. The van der Waals surface area contributed by atoms with Gasteiger partial charge in [-0.2, -0.15) is 0 Å². The Morgan fingerprint density at radius 2 is 2.25 bits per heavy atom. The molecule has 1 aromatic carbocycles. The summed E-state index contributed by atoms with van der Waals surface area (Å²) in [6.07, 6.45) is 0.981. The number of non-ortho nitro benzene ring substituents is 1. The lowest BCUT2D eigenvalue weighted by Crippen LogP contribution is -2.30. The van der Waals surface area contributed by atoms with Crippen molar-refractivity contribution in [1.29, 1.82) is 0 Å². The quantitative estimate of drug-likeness (QED) is 0.697. The number of hydrogen-bond donors (Lipinski definition) is 1. The summed E-state index contributed by atoms with van der Waals surface area (Å²) in [5.74, 6) is 0. The number of aliphatic hydroxyl groups is 1. The van der Waals surface area contributed by atoms with E-state index in [0.717, 1.165) is 25.2 Å². The van der Waals surface area contributed by atoms with Gasteiger partial charge in [-0.25, -0.2) is 0 Å². The van der Waals surface area contributed by atoms with Crippen LogP contribution in [0.25, 0.3) is 0 Å². The van der Waals surface area contributed by atoms with Crippen molar-refractivity contribution in [1.82, 2.24) is 0 Å². The second kappa shape index (κ2) is 5.22. The Balaban J connectivity index is 1.93. The molecule has 0 atom stereocenters. The molecular weight excluding hydrogens is 276 g/mol. The lowest BCUT2D eigenvalue weighted by molar-refractivity contribution is -0.384. The Morgan fingerprint density at radius 3 is 3.00 bits per heavy atom. The molecule has 2 heterocycles. The molecular formula is C14H14N2O3S. The fourth-order valence-electron chi connectivity index (χ4n) is 2.57. The van der Waals surface area contributed by atoms with Gasteiger partial charge in [-0.3, -0.25) is 10.1 Å². The molecule has 0 saturated heterocycles. The van der Waals surface area contributed by atoms with Gasteiger partial charge in [0.2, 0.25) is 0 Å². The van der Waals surface area contributed by atoms with Crippen molar-refractivity contribution >= 4 is 22.7 Å². The smallest absolute Gasteiger partial charge is 0.269 e. The van der Waals surface area contributed by atoms with E-state index in [1.54, 1.807) is 17.4 Å².